The number of amides is 1. The number of nitrogens with zero attached hydrogens (tertiary/aromatic N) is 1. The molecular formula is C14H20F2LiNO4. The largest absolute Gasteiger partial charge is 1.00 e. The molecule has 0 atom stereocenters. The summed E-state index contributed by atoms with van der Waals surface area (Å²) in [5.74, 6) is 0.208. The number of hydrogen-bond donors (Lipinski definition) is 1. The molecule has 0 bridgehead atoms. The van der Waals surface area contributed by atoms with Crippen molar-refractivity contribution < 1.29 is 47.1 Å². The Morgan fingerprint density at radius 2 is 1.86 bits per heavy atom. The third-order valence-electron chi connectivity index (χ3n) is 1.66. The Balaban J connectivity index is -0.000000107. The zero-order chi connectivity index (χ0) is 17.3. The number of ether oxygens (including phenoxy) is 1. The average molecular weight is 311 g/mol. The molecule has 0 saturated carbocycles. The monoisotopic (exact) mass is 311 g/mol. The molecular weight excluding hydrogens is 291 g/mol. The fourth-order valence-corrected chi connectivity index (χ4v) is 0.992. The minimum Gasteiger partial charge on any atom is -0.521 e. The standard InChI is InChI=1S/C6H9NO.C4H6O3.C2H2F2.C2H3.Li/c1-2-7-5-3-4-6(7)8;1-2-3-7-4(5)6;1-2(3)4;1-2;/h2H,1,3-5H2;2H,1,3H2,(H,5,6);1H2;1H,2H2;/q;;;-1;+1. The summed E-state index contributed by atoms with van der Waals surface area (Å²) in [5.41, 5.74) is 0. The normalized spacial score (nSPS) is 10.8. The van der Waals surface area contributed by atoms with E-state index in [0.717, 1.165) is 13.0 Å². The summed E-state index contributed by atoms with van der Waals surface area (Å²) < 4.78 is 24.3. The first-order valence-corrected chi connectivity index (χ1v) is 5.64. The van der Waals surface area contributed by atoms with Crippen molar-refractivity contribution in [3.63, 3.8) is 0 Å². The first-order valence-electron chi connectivity index (χ1n) is 5.64. The molecule has 0 unspecified atom stereocenters. The SMILES string of the molecule is C=C(F)F.C=CCOC(=O)O.C=CN1CCCC1=O.[CH-]=C.[Li+]. The van der Waals surface area contributed by atoms with Crippen LogP contribution < -0.4 is 18.9 Å². The van der Waals surface area contributed by atoms with E-state index >= 15 is 0 Å². The van der Waals surface area contributed by atoms with Crippen LogP contribution in [0, 0.1) is 6.58 Å². The first-order chi connectivity index (χ1) is 9.84. The van der Waals surface area contributed by atoms with Gasteiger partial charge in [-0.1, -0.05) is 19.2 Å². The van der Waals surface area contributed by atoms with Crippen LogP contribution in [0.25, 0.3) is 0 Å². The second-order valence-electron chi connectivity index (χ2n) is 3.08. The van der Waals surface area contributed by atoms with Gasteiger partial charge in [-0.2, -0.15) is 8.78 Å². The van der Waals surface area contributed by atoms with Crippen LogP contribution in [-0.4, -0.2) is 35.2 Å². The second kappa shape index (κ2) is 21.5. The molecule has 1 rings (SSSR count). The fraction of sp³-hybridized carbons (Fsp3) is 0.286. The number of hydrogen-bond acceptors (Lipinski definition) is 3. The Morgan fingerprint density at radius 3 is 2.00 bits per heavy atom. The summed E-state index contributed by atoms with van der Waals surface area (Å²) >= 11 is 0. The van der Waals surface area contributed by atoms with Gasteiger partial charge in [-0.05, 0) is 19.2 Å². The predicted octanol–water partition coefficient (Wildman–Crippen LogP) is 0.625. The summed E-state index contributed by atoms with van der Waals surface area (Å²) in [5, 5.41) is 7.77. The zero-order valence-corrected chi connectivity index (χ0v) is 12.8. The molecule has 0 radical (unpaired) electrons. The van der Waals surface area contributed by atoms with E-state index in [2.05, 4.69) is 37.6 Å². The van der Waals surface area contributed by atoms with Gasteiger partial charge in [0.05, 0.1) is 0 Å². The van der Waals surface area contributed by atoms with Crippen LogP contribution in [0.2, 0.25) is 0 Å². The Kier molecular flexibility index (Phi) is 27.6. The smallest absolute Gasteiger partial charge is 0.521 e. The molecule has 0 spiro atoms. The maximum atomic E-state index is 10.7. The van der Waals surface area contributed by atoms with Crippen molar-refractivity contribution in [2.24, 2.45) is 0 Å². The van der Waals surface area contributed by atoms with Gasteiger partial charge < -0.3 is 21.3 Å². The van der Waals surface area contributed by atoms with Gasteiger partial charge in [-0.25, -0.2) is 4.79 Å². The van der Waals surface area contributed by atoms with Crippen molar-refractivity contribution in [1.29, 1.82) is 0 Å². The molecule has 8 heteroatoms. The molecule has 1 amide bonds. The number of rotatable bonds is 3. The predicted molar refractivity (Wildman–Crippen MR) is 76.6 cm³/mol. The van der Waals surface area contributed by atoms with E-state index in [9.17, 15) is 18.4 Å². The molecule has 1 N–H and O–H groups in total. The molecule has 0 aromatic rings. The summed E-state index contributed by atoms with van der Waals surface area (Å²) in [4.78, 5) is 21.8. The third-order valence-corrected chi connectivity index (χ3v) is 1.66. The Labute approximate surface area is 141 Å². The summed E-state index contributed by atoms with van der Waals surface area (Å²) in [6.45, 7) is 16.9. The minimum atomic E-state index is -1.83. The molecule has 1 aliphatic heterocycles. The quantitative estimate of drug-likeness (QED) is 0.359. The minimum absolute atomic E-state index is 0. The second-order valence-corrected chi connectivity index (χ2v) is 3.08. The molecule has 0 aromatic carbocycles. The number of carbonyl (C=O) groups is 2. The third kappa shape index (κ3) is 26.7. The van der Waals surface area contributed by atoms with Crippen LogP contribution in [0.15, 0.2) is 44.7 Å². The average Bonchev–Trinajstić information content (AvgIpc) is 2.84. The van der Waals surface area contributed by atoms with E-state index < -0.39 is 12.2 Å². The van der Waals surface area contributed by atoms with Crippen LogP contribution in [0.4, 0.5) is 13.6 Å². The molecule has 22 heavy (non-hydrogen) atoms. The van der Waals surface area contributed by atoms with Crippen molar-refractivity contribution in [3.05, 3.63) is 51.3 Å². The van der Waals surface area contributed by atoms with Crippen LogP contribution in [0.1, 0.15) is 12.8 Å². The maximum Gasteiger partial charge on any atom is 1.00 e. The van der Waals surface area contributed by atoms with Crippen molar-refractivity contribution in [3.8, 4) is 0 Å². The van der Waals surface area contributed by atoms with Crippen molar-refractivity contribution in [2.45, 2.75) is 12.8 Å². The molecule has 0 aliphatic carbocycles. The van der Waals surface area contributed by atoms with Crippen LogP contribution in [0.3, 0.4) is 0 Å². The van der Waals surface area contributed by atoms with Gasteiger partial charge in [-0.15, -0.1) is 0 Å². The molecule has 5 nitrogen and oxygen atoms in total. The number of carboxylic acid groups (broad SMARTS) is 1. The van der Waals surface area contributed by atoms with E-state index in [1.165, 1.54) is 6.08 Å². The van der Waals surface area contributed by atoms with Gasteiger partial charge in [0.1, 0.15) is 6.61 Å². The number of halogens is 2. The van der Waals surface area contributed by atoms with Gasteiger partial charge in [0.25, 0.3) is 6.08 Å². The molecule has 120 valence electrons. The molecule has 1 aliphatic rings. The van der Waals surface area contributed by atoms with Crippen molar-refractivity contribution >= 4 is 12.1 Å². The first kappa shape index (κ1) is 28.3. The topological polar surface area (TPSA) is 66.8 Å². The molecule has 0 aromatic heterocycles. The Bertz CT molecular complexity index is 348. The van der Waals surface area contributed by atoms with E-state index in [4.69, 9.17) is 5.11 Å². The van der Waals surface area contributed by atoms with Crippen LogP contribution in [0.5, 0.6) is 0 Å². The van der Waals surface area contributed by atoms with E-state index in [0.29, 0.717) is 6.42 Å². The number of likely N-dealkylation sites (tertiary alicyclic amines) is 1. The van der Waals surface area contributed by atoms with Gasteiger partial charge in [0.15, 0.2) is 0 Å². The summed E-state index contributed by atoms with van der Waals surface area (Å²) in [6.07, 6.45) is 1.56. The maximum absolute atomic E-state index is 10.7. The van der Waals surface area contributed by atoms with E-state index in [-0.39, 0.29) is 31.4 Å². The Hall–Kier alpha value is -1.84. The van der Waals surface area contributed by atoms with Gasteiger partial charge in [0.2, 0.25) is 5.91 Å². The molecule has 1 heterocycles. The van der Waals surface area contributed by atoms with E-state index in [1.54, 1.807) is 11.1 Å². The Morgan fingerprint density at radius 1 is 1.41 bits per heavy atom. The van der Waals surface area contributed by atoms with Gasteiger partial charge in [0, 0.05) is 13.0 Å². The van der Waals surface area contributed by atoms with Crippen LogP contribution >= 0.6 is 0 Å². The summed E-state index contributed by atoms with van der Waals surface area (Å²) in [7, 11) is 0. The molecule has 1 fully saturated rings. The zero-order valence-electron chi connectivity index (χ0n) is 12.8. The van der Waals surface area contributed by atoms with Gasteiger partial charge >= 0.3 is 25.0 Å². The molecule has 1 saturated heterocycles. The van der Waals surface area contributed by atoms with Crippen molar-refractivity contribution in [1.82, 2.24) is 4.90 Å². The van der Waals surface area contributed by atoms with E-state index in [1.807, 2.05) is 0 Å². The van der Waals surface area contributed by atoms with Gasteiger partial charge in [-0.3, -0.25) is 11.4 Å². The van der Waals surface area contributed by atoms with Crippen LogP contribution in [-0.2, 0) is 9.53 Å². The number of carbonyl (C=O) groups excluding carboxylic acids is 1. The summed E-state index contributed by atoms with van der Waals surface area (Å²) in [6, 6.07) is 0. The fourth-order valence-electron chi connectivity index (χ4n) is 0.992. The van der Waals surface area contributed by atoms with Crippen molar-refractivity contribution in [2.75, 3.05) is 13.2 Å².